The van der Waals surface area contributed by atoms with Crippen LogP contribution in [0.5, 0.6) is 0 Å². The molecule has 1 aliphatic rings. The van der Waals surface area contributed by atoms with E-state index in [1.54, 1.807) is 0 Å². The maximum Gasteiger partial charge on any atom is 0.224 e. The van der Waals surface area contributed by atoms with Crippen LogP contribution in [0.25, 0.3) is 0 Å². The fourth-order valence-electron chi connectivity index (χ4n) is 3.61. The molecule has 3 rings (SSSR count). The molecule has 132 valence electrons. The molecule has 0 bridgehead atoms. The second-order valence-corrected chi connectivity index (χ2v) is 6.97. The van der Waals surface area contributed by atoms with Gasteiger partial charge in [-0.2, -0.15) is 0 Å². The minimum Gasteiger partial charge on any atom is -0.369 e. The van der Waals surface area contributed by atoms with E-state index in [2.05, 4.69) is 22.3 Å². The van der Waals surface area contributed by atoms with Crippen LogP contribution in [0, 0.1) is 5.92 Å². The lowest BCUT2D eigenvalue weighted by molar-refractivity contribution is -0.117. The van der Waals surface area contributed by atoms with Gasteiger partial charge in [-0.05, 0) is 36.5 Å². The molecular formula is C21H27N3O. The molecule has 1 fully saturated rings. The van der Waals surface area contributed by atoms with Crippen LogP contribution in [0.2, 0.25) is 0 Å². The van der Waals surface area contributed by atoms with E-state index in [0.717, 1.165) is 37.2 Å². The van der Waals surface area contributed by atoms with Crippen molar-refractivity contribution >= 4 is 17.3 Å². The molecule has 2 atom stereocenters. The zero-order valence-corrected chi connectivity index (χ0v) is 14.8. The summed E-state index contributed by atoms with van der Waals surface area (Å²) in [5.74, 6) is 0.372. The number of carbonyl (C=O) groups is 1. The fourth-order valence-corrected chi connectivity index (χ4v) is 3.61. The number of rotatable bonds is 6. The van der Waals surface area contributed by atoms with Crippen molar-refractivity contribution in [2.45, 2.75) is 38.3 Å². The Hall–Kier alpha value is -2.33. The number of para-hydroxylation sites is 2. The van der Waals surface area contributed by atoms with Gasteiger partial charge < -0.3 is 16.0 Å². The van der Waals surface area contributed by atoms with Gasteiger partial charge in [0.2, 0.25) is 5.91 Å². The van der Waals surface area contributed by atoms with Gasteiger partial charge in [-0.15, -0.1) is 0 Å². The number of hydrogen-bond donors (Lipinski definition) is 2. The molecule has 1 saturated carbocycles. The van der Waals surface area contributed by atoms with Crippen LogP contribution < -0.4 is 16.0 Å². The average Bonchev–Trinajstić information content (AvgIpc) is 3.01. The van der Waals surface area contributed by atoms with Crippen molar-refractivity contribution in [3.63, 3.8) is 0 Å². The van der Waals surface area contributed by atoms with E-state index in [-0.39, 0.29) is 11.9 Å². The van der Waals surface area contributed by atoms with Gasteiger partial charge in [0.05, 0.1) is 11.4 Å². The number of benzene rings is 2. The first-order valence-electron chi connectivity index (χ1n) is 9.03. The van der Waals surface area contributed by atoms with Gasteiger partial charge in [0.1, 0.15) is 0 Å². The predicted molar refractivity (Wildman–Crippen MR) is 104 cm³/mol. The smallest absolute Gasteiger partial charge is 0.224 e. The topological polar surface area (TPSA) is 58.4 Å². The summed E-state index contributed by atoms with van der Waals surface area (Å²) in [5, 5.41) is 3.09. The van der Waals surface area contributed by atoms with E-state index in [1.807, 2.05) is 49.5 Å². The van der Waals surface area contributed by atoms with Gasteiger partial charge in [0, 0.05) is 26.1 Å². The standard InChI is InChI=1S/C21H27N3O/c1-24(15-16-8-3-2-4-9-16)20-13-6-5-12-19(20)23-21(25)14-17-10-7-11-18(17)22/h2-6,8-9,12-13,17-18H,7,10-11,14-15,22H2,1H3,(H,23,25)/t17-,18+/m0/s1. The monoisotopic (exact) mass is 337 g/mol. The molecule has 0 spiro atoms. The number of anilines is 2. The Morgan fingerprint density at radius 3 is 2.56 bits per heavy atom. The van der Waals surface area contributed by atoms with Crippen LogP contribution in [0.1, 0.15) is 31.2 Å². The summed E-state index contributed by atoms with van der Waals surface area (Å²) >= 11 is 0. The lowest BCUT2D eigenvalue weighted by Crippen LogP contribution is -2.28. The van der Waals surface area contributed by atoms with Gasteiger partial charge in [0.25, 0.3) is 0 Å². The molecule has 0 aromatic heterocycles. The van der Waals surface area contributed by atoms with E-state index in [0.29, 0.717) is 12.3 Å². The van der Waals surface area contributed by atoms with Crippen molar-refractivity contribution in [2.24, 2.45) is 11.7 Å². The molecule has 2 aromatic carbocycles. The molecule has 25 heavy (non-hydrogen) atoms. The van der Waals surface area contributed by atoms with E-state index in [9.17, 15) is 4.79 Å². The average molecular weight is 337 g/mol. The Balaban J connectivity index is 1.66. The first-order valence-corrected chi connectivity index (χ1v) is 9.03. The first kappa shape index (κ1) is 17.5. The number of carbonyl (C=O) groups excluding carboxylic acids is 1. The highest BCUT2D eigenvalue weighted by Crippen LogP contribution is 2.29. The van der Waals surface area contributed by atoms with Crippen LogP contribution in [-0.2, 0) is 11.3 Å². The van der Waals surface area contributed by atoms with Crippen molar-refractivity contribution in [2.75, 3.05) is 17.3 Å². The molecule has 3 N–H and O–H groups in total. The lowest BCUT2D eigenvalue weighted by atomic mass is 10.00. The Kier molecular flexibility index (Phi) is 5.71. The molecule has 0 aliphatic heterocycles. The number of nitrogens with two attached hydrogens (primary N) is 1. The number of nitrogens with zero attached hydrogens (tertiary/aromatic N) is 1. The first-order chi connectivity index (χ1) is 12.1. The molecule has 1 aliphatic carbocycles. The van der Waals surface area contributed by atoms with E-state index < -0.39 is 0 Å². The summed E-state index contributed by atoms with van der Waals surface area (Å²) in [5.41, 5.74) is 9.22. The van der Waals surface area contributed by atoms with Crippen molar-refractivity contribution < 1.29 is 4.79 Å². The van der Waals surface area contributed by atoms with Gasteiger partial charge in [0.15, 0.2) is 0 Å². The van der Waals surface area contributed by atoms with Gasteiger partial charge in [-0.25, -0.2) is 0 Å². The quantitative estimate of drug-likeness (QED) is 0.843. The van der Waals surface area contributed by atoms with Gasteiger partial charge in [-0.1, -0.05) is 48.9 Å². The Morgan fingerprint density at radius 1 is 1.12 bits per heavy atom. The molecular weight excluding hydrogens is 310 g/mol. The fraction of sp³-hybridized carbons (Fsp3) is 0.381. The highest BCUT2D eigenvalue weighted by atomic mass is 16.1. The maximum atomic E-state index is 12.5. The summed E-state index contributed by atoms with van der Waals surface area (Å²) in [6.45, 7) is 0.793. The summed E-state index contributed by atoms with van der Waals surface area (Å²) in [7, 11) is 2.05. The van der Waals surface area contributed by atoms with Crippen LogP contribution in [0.3, 0.4) is 0 Å². The summed E-state index contributed by atoms with van der Waals surface area (Å²) in [6, 6.07) is 18.5. The third-order valence-electron chi connectivity index (χ3n) is 5.02. The molecule has 1 amide bonds. The largest absolute Gasteiger partial charge is 0.369 e. The van der Waals surface area contributed by atoms with E-state index >= 15 is 0 Å². The highest BCUT2D eigenvalue weighted by molar-refractivity contribution is 5.94. The predicted octanol–water partition coefficient (Wildman–Crippen LogP) is 3.78. The van der Waals surface area contributed by atoms with Crippen molar-refractivity contribution in [3.8, 4) is 0 Å². The number of amides is 1. The number of nitrogens with one attached hydrogen (secondary N) is 1. The van der Waals surface area contributed by atoms with Gasteiger partial charge >= 0.3 is 0 Å². The molecule has 0 unspecified atom stereocenters. The summed E-state index contributed by atoms with van der Waals surface area (Å²) in [6.07, 6.45) is 3.74. The Bertz CT molecular complexity index is 701. The zero-order chi connectivity index (χ0) is 17.6. The normalized spacial score (nSPS) is 19.6. The van der Waals surface area contributed by atoms with Crippen molar-refractivity contribution in [1.29, 1.82) is 0 Å². The Morgan fingerprint density at radius 2 is 1.84 bits per heavy atom. The highest BCUT2D eigenvalue weighted by Gasteiger charge is 2.26. The molecule has 4 heteroatoms. The van der Waals surface area contributed by atoms with Crippen molar-refractivity contribution in [1.82, 2.24) is 0 Å². The molecule has 0 saturated heterocycles. The third kappa shape index (κ3) is 4.60. The lowest BCUT2D eigenvalue weighted by Gasteiger charge is -2.23. The minimum absolute atomic E-state index is 0.0583. The van der Waals surface area contributed by atoms with E-state index in [1.165, 1.54) is 5.56 Å². The SMILES string of the molecule is CN(Cc1ccccc1)c1ccccc1NC(=O)C[C@@H]1CCC[C@H]1N. The van der Waals surface area contributed by atoms with Crippen LogP contribution >= 0.6 is 0 Å². The molecule has 2 aromatic rings. The van der Waals surface area contributed by atoms with Crippen LogP contribution in [0.4, 0.5) is 11.4 Å². The molecule has 0 heterocycles. The third-order valence-corrected chi connectivity index (χ3v) is 5.02. The van der Waals surface area contributed by atoms with Gasteiger partial charge in [-0.3, -0.25) is 4.79 Å². The summed E-state index contributed by atoms with van der Waals surface area (Å²) in [4.78, 5) is 14.6. The summed E-state index contributed by atoms with van der Waals surface area (Å²) < 4.78 is 0. The second-order valence-electron chi connectivity index (χ2n) is 6.97. The minimum atomic E-state index is 0.0583. The van der Waals surface area contributed by atoms with Crippen LogP contribution in [0.15, 0.2) is 54.6 Å². The Labute approximate surface area is 150 Å². The molecule has 0 radical (unpaired) electrons. The van der Waals surface area contributed by atoms with E-state index in [4.69, 9.17) is 5.73 Å². The van der Waals surface area contributed by atoms with Crippen molar-refractivity contribution in [3.05, 3.63) is 60.2 Å². The molecule has 4 nitrogen and oxygen atoms in total. The number of hydrogen-bond acceptors (Lipinski definition) is 3. The zero-order valence-electron chi connectivity index (χ0n) is 14.8. The second kappa shape index (κ2) is 8.17. The maximum absolute atomic E-state index is 12.5. The van der Waals surface area contributed by atoms with Crippen LogP contribution in [-0.4, -0.2) is 19.0 Å².